The van der Waals surface area contributed by atoms with Gasteiger partial charge in [-0.15, -0.1) is 0 Å². The first-order valence-corrected chi connectivity index (χ1v) is 9.10. The van der Waals surface area contributed by atoms with Crippen LogP contribution in [0, 0.1) is 11.7 Å². The summed E-state index contributed by atoms with van der Waals surface area (Å²) in [5, 5.41) is 11.9. The lowest BCUT2D eigenvalue weighted by atomic mass is 9.99. The van der Waals surface area contributed by atoms with Crippen molar-refractivity contribution < 1.29 is 23.9 Å². The van der Waals surface area contributed by atoms with Crippen molar-refractivity contribution >= 4 is 23.5 Å². The van der Waals surface area contributed by atoms with Crippen LogP contribution in [0.3, 0.4) is 0 Å². The van der Waals surface area contributed by atoms with Crippen molar-refractivity contribution in [1.82, 2.24) is 5.32 Å². The molecule has 1 saturated heterocycles. The second-order valence-electron chi connectivity index (χ2n) is 6.75. The molecule has 2 amide bonds. The number of carbonyl (C=O) groups is 3. The maximum Gasteiger partial charge on any atom is 0.308 e. The minimum atomic E-state index is -1.04. The largest absolute Gasteiger partial charge is 0.481 e. The molecule has 0 spiro atoms. The third kappa shape index (κ3) is 4.54. The molecule has 0 bridgehead atoms. The number of hydrogen-bond acceptors (Lipinski definition) is 3. The first-order valence-electron chi connectivity index (χ1n) is 9.10. The molecule has 2 aromatic rings. The molecule has 3 rings (SSSR count). The summed E-state index contributed by atoms with van der Waals surface area (Å²) in [7, 11) is 0. The molecule has 0 aromatic heterocycles. The molecule has 0 aliphatic carbocycles. The Morgan fingerprint density at radius 2 is 1.93 bits per heavy atom. The summed E-state index contributed by atoms with van der Waals surface area (Å²) in [5.41, 5.74) is 1.10. The van der Waals surface area contributed by atoms with Crippen molar-refractivity contribution in [3.8, 4) is 0 Å². The monoisotopic (exact) mass is 384 g/mol. The standard InChI is InChI=1S/C21H21FN2O4/c22-18-9-8-16(24-10-4-7-19(24)25)12-17(18)20(26)23-13-15(21(27)28)11-14-5-2-1-3-6-14/h1-3,5-6,8-9,12,15H,4,7,10-11,13H2,(H,23,26)(H,27,28). The van der Waals surface area contributed by atoms with E-state index >= 15 is 0 Å². The zero-order chi connectivity index (χ0) is 20.1. The summed E-state index contributed by atoms with van der Waals surface area (Å²) in [5.74, 6) is -3.36. The number of halogens is 1. The van der Waals surface area contributed by atoms with Crippen molar-refractivity contribution in [3.63, 3.8) is 0 Å². The van der Waals surface area contributed by atoms with Crippen LogP contribution in [0.4, 0.5) is 10.1 Å². The van der Waals surface area contributed by atoms with Crippen LogP contribution in [-0.2, 0) is 16.0 Å². The first-order chi connectivity index (χ1) is 13.5. The highest BCUT2D eigenvalue weighted by Gasteiger charge is 2.24. The van der Waals surface area contributed by atoms with Crippen LogP contribution < -0.4 is 10.2 Å². The fourth-order valence-electron chi connectivity index (χ4n) is 3.23. The van der Waals surface area contributed by atoms with Crippen molar-refractivity contribution in [3.05, 3.63) is 65.5 Å². The Kier molecular flexibility index (Phi) is 6.03. The van der Waals surface area contributed by atoms with Gasteiger partial charge in [0.15, 0.2) is 0 Å². The summed E-state index contributed by atoms with van der Waals surface area (Å²) >= 11 is 0. The Bertz CT molecular complexity index is 885. The lowest BCUT2D eigenvalue weighted by Crippen LogP contribution is -2.34. The summed E-state index contributed by atoms with van der Waals surface area (Å²) in [4.78, 5) is 37.4. The Hall–Kier alpha value is -3.22. The lowest BCUT2D eigenvalue weighted by molar-refractivity contribution is -0.141. The fraction of sp³-hybridized carbons (Fsp3) is 0.286. The maximum atomic E-state index is 14.2. The molecule has 1 fully saturated rings. The van der Waals surface area contributed by atoms with Crippen molar-refractivity contribution in [2.75, 3.05) is 18.0 Å². The van der Waals surface area contributed by atoms with Crippen LogP contribution in [0.15, 0.2) is 48.5 Å². The van der Waals surface area contributed by atoms with Crippen molar-refractivity contribution in [2.24, 2.45) is 5.92 Å². The predicted octanol–water partition coefficient (Wildman–Crippen LogP) is 2.63. The van der Waals surface area contributed by atoms with Gasteiger partial charge in [-0.25, -0.2) is 4.39 Å². The number of nitrogens with one attached hydrogen (secondary N) is 1. The highest BCUT2D eigenvalue weighted by molar-refractivity contribution is 5.99. The second-order valence-corrected chi connectivity index (χ2v) is 6.75. The van der Waals surface area contributed by atoms with E-state index in [1.165, 1.54) is 17.0 Å². The molecule has 1 heterocycles. The number of benzene rings is 2. The number of hydrogen-bond donors (Lipinski definition) is 2. The van der Waals surface area contributed by atoms with Gasteiger partial charge in [0.2, 0.25) is 5.91 Å². The highest BCUT2D eigenvalue weighted by atomic mass is 19.1. The summed E-state index contributed by atoms with van der Waals surface area (Å²) in [6, 6.07) is 13.0. The quantitative estimate of drug-likeness (QED) is 0.768. The number of nitrogens with zero attached hydrogens (tertiary/aromatic N) is 1. The van der Waals surface area contributed by atoms with Crippen LogP contribution in [0.1, 0.15) is 28.8 Å². The van der Waals surface area contributed by atoms with Gasteiger partial charge in [-0.3, -0.25) is 14.4 Å². The lowest BCUT2D eigenvalue weighted by Gasteiger charge is -2.17. The molecule has 2 aromatic carbocycles. The molecule has 146 valence electrons. The third-order valence-corrected chi connectivity index (χ3v) is 4.76. The normalized spacial score (nSPS) is 14.8. The molecule has 1 aliphatic rings. The van der Waals surface area contributed by atoms with Crippen LogP contribution in [0.2, 0.25) is 0 Å². The number of aliphatic carboxylic acids is 1. The first kappa shape index (κ1) is 19.5. The Morgan fingerprint density at radius 3 is 2.57 bits per heavy atom. The molecule has 2 N–H and O–H groups in total. The smallest absolute Gasteiger partial charge is 0.308 e. The Morgan fingerprint density at radius 1 is 1.18 bits per heavy atom. The number of carboxylic acid groups (broad SMARTS) is 1. The molecule has 7 heteroatoms. The van der Waals surface area contributed by atoms with Crippen LogP contribution in [0.25, 0.3) is 0 Å². The van der Waals surface area contributed by atoms with Crippen molar-refractivity contribution in [1.29, 1.82) is 0 Å². The average molecular weight is 384 g/mol. The van der Waals surface area contributed by atoms with E-state index in [0.717, 1.165) is 18.1 Å². The summed E-state index contributed by atoms with van der Waals surface area (Å²) in [6.07, 6.45) is 1.40. The van der Waals surface area contributed by atoms with E-state index in [1.807, 2.05) is 30.3 Å². The summed E-state index contributed by atoms with van der Waals surface area (Å²) in [6.45, 7) is 0.402. The Balaban J connectivity index is 1.69. The number of carbonyl (C=O) groups excluding carboxylic acids is 2. The molecule has 1 aliphatic heterocycles. The van der Waals surface area contributed by atoms with Gasteiger partial charge in [-0.1, -0.05) is 30.3 Å². The van der Waals surface area contributed by atoms with Crippen LogP contribution in [0.5, 0.6) is 0 Å². The van der Waals surface area contributed by atoms with Gasteiger partial charge in [-0.2, -0.15) is 0 Å². The van der Waals surface area contributed by atoms with Gasteiger partial charge in [0.1, 0.15) is 5.82 Å². The van der Waals surface area contributed by atoms with Crippen molar-refractivity contribution in [2.45, 2.75) is 19.3 Å². The zero-order valence-corrected chi connectivity index (χ0v) is 15.2. The zero-order valence-electron chi connectivity index (χ0n) is 15.2. The molecule has 6 nitrogen and oxygen atoms in total. The summed E-state index contributed by atoms with van der Waals surface area (Å²) < 4.78 is 14.2. The van der Waals surface area contributed by atoms with Crippen LogP contribution in [-0.4, -0.2) is 36.0 Å². The molecular formula is C21H21FN2O4. The van der Waals surface area contributed by atoms with Gasteiger partial charge in [0.25, 0.3) is 5.91 Å². The van der Waals surface area contributed by atoms with E-state index in [4.69, 9.17) is 0 Å². The van der Waals surface area contributed by atoms with Gasteiger partial charge in [0, 0.05) is 25.2 Å². The fourth-order valence-corrected chi connectivity index (χ4v) is 3.23. The molecule has 0 saturated carbocycles. The van der Waals surface area contributed by atoms with Crippen LogP contribution >= 0.6 is 0 Å². The van der Waals surface area contributed by atoms with Gasteiger partial charge >= 0.3 is 5.97 Å². The number of carboxylic acids is 1. The topological polar surface area (TPSA) is 86.7 Å². The van der Waals surface area contributed by atoms with E-state index < -0.39 is 23.6 Å². The van der Waals surface area contributed by atoms with Gasteiger partial charge in [0.05, 0.1) is 11.5 Å². The maximum absolute atomic E-state index is 14.2. The highest BCUT2D eigenvalue weighted by Crippen LogP contribution is 2.24. The molecule has 1 atom stereocenters. The van der Waals surface area contributed by atoms with Gasteiger partial charge < -0.3 is 15.3 Å². The minimum absolute atomic E-state index is 0.0632. The van der Waals surface area contributed by atoms with E-state index in [9.17, 15) is 23.9 Å². The Labute approximate surface area is 162 Å². The van der Waals surface area contributed by atoms with E-state index in [0.29, 0.717) is 18.7 Å². The molecular weight excluding hydrogens is 363 g/mol. The second kappa shape index (κ2) is 8.65. The predicted molar refractivity (Wildman–Crippen MR) is 102 cm³/mol. The van der Waals surface area contributed by atoms with Gasteiger partial charge in [-0.05, 0) is 36.6 Å². The van der Waals surface area contributed by atoms with E-state index in [2.05, 4.69) is 5.32 Å². The number of amides is 2. The molecule has 0 radical (unpaired) electrons. The minimum Gasteiger partial charge on any atom is -0.481 e. The van der Waals surface area contributed by atoms with E-state index in [-0.39, 0.29) is 24.4 Å². The number of rotatable bonds is 7. The molecule has 1 unspecified atom stereocenters. The van der Waals surface area contributed by atoms with E-state index in [1.54, 1.807) is 0 Å². The number of anilines is 1. The molecule has 28 heavy (non-hydrogen) atoms. The third-order valence-electron chi connectivity index (χ3n) is 4.76. The SMILES string of the molecule is O=C(NCC(Cc1ccccc1)C(=O)O)c1cc(N2CCCC2=O)ccc1F. The average Bonchev–Trinajstić information content (AvgIpc) is 3.11.